The highest BCUT2D eigenvalue weighted by atomic mass is 19.3. The van der Waals surface area contributed by atoms with Crippen LogP contribution in [0.15, 0.2) is 18.2 Å². The van der Waals surface area contributed by atoms with E-state index in [4.69, 9.17) is 4.74 Å². The van der Waals surface area contributed by atoms with E-state index >= 15 is 0 Å². The number of halogens is 3. The lowest BCUT2D eigenvalue weighted by Gasteiger charge is -2.35. The Morgan fingerprint density at radius 1 is 1.38 bits per heavy atom. The number of hydrogen-bond donors (Lipinski definition) is 0. The Kier molecular flexibility index (Phi) is 2.60. The Bertz CT molecular complexity index is 401. The van der Waals surface area contributed by atoms with E-state index < -0.39 is 24.3 Å². The molecule has 0 saturated carbocycles. The van der Waals surface area contributed by atoms with Gasteiger partial charge in [-0.15, -0.1) is 0 Å². The van der Waals surface area contributed by atoms with Crippen LogP contribution in [0.4, 0.5) is 13.2 Å². The van der Waals surface area contributed by atoms with Crippen LogP contribution in [0.2, 0.25) is 0 Å². The van der Waals surface area contributed by atoms with Gasteiger partial charge in [0.1, 0.15) is 11.6 Å². The minimum Gasteiger partial charge on any atom is -0.487 e. The van der Waals surface area contributed by atoms with E-state index in [1.807, 2.05) is 0 Å². The van der Waals surface area contributed by atoms with Gasteiger partial charge in [0, 0.05) is 5.56 Å². The molecule has 1 aliphatic heterocycles. The molecule has 88 valence electrons. The number of alkyl halides is 2. The summed E-state index contributed by atoms with van der Waals surface area (Å²) in [6.07, 6.45) is 0. The fourth-order valence-electron chi connectivity index (χ4n) is 2.23. The third kappa shape index (κ3) is 1.77. The van der Waals surface area contributed by atoms with Gasteiger partial charge >= 0.3 is 0 Å². The molecule has 0 saturated heterocycles. The average molecular weight is 230 g/mol. The molecule has 1 unspecified atom stereocenters. The van der Waals surface area contributed by atoms with Gasteiger partial charge in [-0.3, -0.25) is 0 Å². The summed E-state index contributed by atoms with van der Waals surface area (Å²) < 4.78 is 45.4. The van der Waals surface area contributed by atoms with Crippen LogP contribution in [-0.4, -0.2) is 12.5 Å². The second kappa shape index (κ2) is 3.68. The molecule has 0 radical (unpaired) electrons. The molecule has 1 nitrogen and oxygen atoms in total. The predicted octanol–water partition coefficient (Wildman–Crippen LogP) is 3.59. The van der Waals surface area contributed by atoms with Crippen molar-refractivity contribution >= 4 is 0 Å². The van der Waals surface area contributed by atoms with E-state index in [2.05, 4.69) is 0 Å². The molecule has 0 fully saturated rings. The molecule has 0 bridgehead atoms. The van der Waals surface area contributed by atoms with Crippen molar-refractivity contribution in [2.45, 2.75) is 25.7 Å². The Morgan fingerprint density at radius 2 is 2.06 bits per heavy atom. The Balaban J connectivity index is 2.52. The summed E-state index contributed by atoms with van der Waals surface area (Å²) >= 11 is 0. The molecule has 0 aliphatic carbocycles. The summed E-state index contributed by atoms with van der Waals surface area (Å²) in [5, 5.41) is 0. The largest absolute Gasteiger partial charge is 0.487 e. The standard InChI is InChI=1S/C12H13F3O/c1-7(2)11-9-5-8(13)3-4-10(9)16-6-12(11,14)15/h3-5,7,11H,6H2,1-2H3. The lowest BCUT2D eigenvalue weighted by molar-refractivity contribution is -0.0882. The lowest BCUT2D eigenvalue weighted by Crippen LogP contribution is -2.40. The Hall–Kier alpha value is -1.19. The first-order chi connectivity index (χ1) is 7.42. The van der Waals surface area contributed by atoms with Crippen LogP contribution in [0, 0.1) is 11.7 Å². The Morgan fingerprint density at radius 3 is 2.69 bits per heavy atom. The zero-order valence-corrected chi connectivity index (χ0v) is 9.14. The maximum atomic E-state index is 13.7. The molecule has 0 spiro atoms. The lowest BCUT2D eigenvalue weighted by atomic mass is 9.81. The molecular weight excluding hydrogens is 217 g/mol. The van der Waals surface area contributed by atoms with Gasteiger partial charge in [0.2, 0.25) is 0 Å². The zero-order chi connectivity index (χ0) is 11.9. The van der Waals surface area contributed by atoms with Crippen molar-refractivity contribution in [2.75, 3.05) is 6.61 Å². The van der Waals surface area contributed by atoms with Crippen LogP contribution in [0.25, 0.3) is 0 Å². The van der Waals surface area contributed by atoms with Crippen LogP contribution < -0.4 is 4.74 Å². The third-order valence-electron chi connectivity index (χ3n) is 2.85. The van der Waals surface area contributed by atoms with Crippen LogP contribution in [0.3, 0.4) is 0 Å². The molecule has 0 aromatic heterocycles. The van der Waals surface area contributed by atoms with Gasteiger partial charge in [-0.1, -0.05) is 13.8 Å². The minimum absolute atomic E-state index is 0.264. The van der Waals surface area contributed by atoms with Crippen molar-refractivity contribution in [1.82, 2.24) is 0 Å². The highest BCUT2D eigenvalue weighted by Gasteiger charge is 2.47. The van der Waals surface area contributed by atoms with E-state index in [1.165, 1.54) is 12.1 Å². The van der Waals surface area contributed by atoms with Gasteiger partial charge in [-0.25, -0.2) is 13.2 Å². The summed E-state index contributed by atoms with van der Waals surface area (Å²) in [5.74, 6) is -4.32. The summed E-state index contributed by atoms with van der Waals surface area (Å²) in [6.45, 7) is 2.78. The normalized spacial score (nSPS) is 22.8. The van der Waals surface area contributed by atoms with E-state index in [0.29, 0.717) is 5.75 Å². The number of hydrogen-bond acceptors (Lipinski definition) is 1. The molecule has 0 N–H and O–H groups in total. The van der Waals surface area contributed by atoms with Crippen molar-refractivity contribution < 1.29 is 17.9 Å². The van der Waals surface area contributed by atoms with Crippen molar-refractivity contribution in [3.05, 3.63) is 29.6 Å². The maximum absolute atomic E-state index is 13.7. The van der Waals surface area contributed by atoms with Crippen LogP contribution in [0.5, 0.6) is 5.75 Å². The third-order valence-corrected chi connectivity index (χ3v) is 2.85. The second-order valence-corrected chi connectivity index (χ2v) is 4.45. The highest BCUT2D eigenvalue weighted by molar-refractivity contribution is 5.40. The summed E-state index contributed by atoms with van der Waals surface area (Å²) in [4.78, 5) is 0. The summed E-state index contributed by atoms with van der Waals surface area (Å²) in [5.41, 5.74) is 0.270. The quantitative estimate of drug-likeness (QED) is 0.716. The monoisotopic (exact) mass is 230 g/mol. The zero-order valence-electron chi connectivity index (χ0n) is 9.14. The molecule has 1 aromatic carbocycles. The highest BCUT2D eigenvalue weighted by Crippen LogP contribution is 2.46. The van der Waals surface area contributed by atoms with E-state index in [0.717, 1.165) is 6.07 Å². The van der Waals surface area contributed by atoms with Gasteiger partial charge in [0.15, 0.2) is 6.61 Å². The average Bonchev–Trinajstić information content (AvgIpc) is 2.15. The van der Waals surface area contributed by atoms with Crippen LogP contribution in [0.1, 0.15) is 25.3 Å². The van der Waals surface area contributed by atoms with Gasteiger partial charge in [-0.05, 0) is 24.1 Å². The number of fused-ring (bicyclic) bond motifs is 1. The van der Waals surface area contributed by atoms with Crippen LogP contribution >= 0.6 is 0 Å². The van der Waals surface area contributed by atoms with Crippen molar-refractivity contribution in [2.24, 2.45) is 5.92 Å². The first-order valence-electron chi connectivity index (χ1n) is 5.22. The SMILES string of the molecule is CC(C)C1c2cc(F)ccc2OCC1(F)F. The minimum atomic E-state index is -2.94. The number of benzene rings is 1. The summed E-state index contributed by atoms with van der Waals surface area (Å²) in [7, 11) is 0. The molecule has 0 amide bonds. The molecular formula is C12H13F3O. The Labute approximate surface area is 92.2 Å². The molecule has 16 heavy (non-hydrogen) atoms. The van der Waals surface area contributed by atoms with E-state index in [-0.39, 0.29) is 11.5 Å². The van der Waals surface area contributed by atoms with Crippen LogP contribution in [-0.2, 0) is 0 Å². The van der Waals surface area contributed by atoms with Crippen molar-refractivity contribution in [3.8, 4) is 5.75 Å². The molecule has 1 atom stereocenters. The van der Waals surface area contributed by atoms with Gasteiger partial charge in [0.05, 0.1) is 5.92 Å². The number of ether oxygens (including phenoxy) is 1. The van der Waals surface area contributed by atoms with E-state index in [1.54, 1.807) is 13.8 Å². The molecule has 1 aliphatic rings. The topological polar surface area (TPSA) is 9.23 Å². The number of rotatable bonds is 1. The van der Waals surface area contributed by atoms with Crippen molar-refractivity contribution in [1.29, 1.82) is 0 Å². The molecule has 1 aromatic rings. The summed E-state index contributed by atoms with van der Waals surface area (Å²) in [6, 6.07) is 3.78. The molecule has 2 rings (SSSR count). The fraction of sp³-hybridized carbons (Fsp3) is 0.500. The van der Waals surface area contributed by atoms with Gasteiger partial charge in [0.25, 0.3) is 5.92 Å². The first-order valence-corrected chi connectivity index (χ1v) is 5.22. The van der Waals surface area contributed by atoms with Gasteiger partial charge < -0.3 is 4.74 Å². The van der Waals surface area contributed by atoms with E-state index in [9.17, 15) is 13.2 Å². The van der Waals surface area contributed by atoms with Crippen molar-refractivity contribution in [3.63, 3.8) is 0 Å². The second-order valence-electron chi connectivity index (χ2n) is 4.45. The predicted molar refractivity (Wildman–Crippen MR) is 54.4 cm³/mol. The molecule has 1 heterocycles. The van der Waals surface area contributed by atoms with Gasteiger partial charge in [-0.2, -0.15) is 0 Å². The smallest absolute Gasteiger partial charge is 0.288 e. The first kappa shape index (κ1) is 11.3. The molecule has 4 heteroatoms. The maximum Gasteiger partial charge on any atom is 0.288 e. The fourth-order valence-corrected chi connectivity index (χ4v) is 2.23.